The van der Waals surface area contributed by atoms with Crippen molar-refractivity contribution in [1.82, 2.24) is 0 Å². The minimum Gasteiger partial charge on any atom is -0.497 e. The summed E-state index contributed by atoms with van der Waals surface area (Å²) in [7, 11) is 3.13. The second-order valence-electron chi connectivity index (χ2n) is 8.49. The largest absolute Gasteiger partial charge is 0.497 e. The summed E-state index contributed by atoms with van der Waals surface area (Å²) >= 11 is 13.3. The second kappa shape index (κ2) is 13.2. The minimum absolute atomic E-state index is 0.149. The quantitative estimate of drug-likeness (QED) is 0.179. The molecule has 0 fully saturated rings. The van der Waals surface area contributed by atoms with Crippen LogP contribution in [0, 0.1) is 0 Å². The van der Waals surface area contributed by atoms with Crippen LogP contribution in [0.15, 0.2) is 84.9 Å². The number of hydrogen-bond donors (Lipinski definition) is 0. The monoisotopic (exact) mass is 579 g/mol. The first-order chi connectivity index (χ1) is 19.3. The van der Waals surface area contributed by atoms with Crippen LogP contribution in [0.3, 0.4) is 0 Å². The minimum atomic E-state index is -0.580. The molecule has 4 aromatic rings. The molecule has 9 heteroatoms. The Kier molecular flexibility index (Phi) is 9.53. The first-order valence-electron chi connectivity index (χ1n) is 12.4. The van der Waals surface area contributed by atoms with Crippen LogP contribution in [-0.2, 0) is 9.53 Å². The smallest absolute Gasteiger partial charge is 0.326 e. The average molecular weight is 580 g/mol. The molecule has 0 aromatic heterocycles. The van der Waals surface area contributed by atoms with Gasteiger partial charge in [0.05, 0.1) is 30.9 Å². The zero-order valence-electron chi connectivity index (χ0n) is 22.1. The number of methoxy groups -OCH3 is 2. The highest BCUT2D eigenvalue weighted by atomic mass is 35.5. The lowest BCUT2D eigenvalue weighted by molar-refractivity contribution is -0.141. The number of anilines is 1. The van der Waals surface area contributed by atoms with Crippen LogP contribution in [-0.4, -0.2) is 39.2 Å². The Balaban J connectivity index is 1.67. The van der Waals surface area contributed by atoms with E-state index in [2.05, 4.69) is 0 Å². The fourth-order valence-corrected chi connectivity index (χ4v) is 4.57. The number of carbonyl (C=O) groups is 2. The standard InChI is InChI=1S/C31H27Cl2NO6/c1-4-39-29(35)19-34(31(36)21-10-12-23(37-2)13-11-21)22-16-26(32)30(27(33)17-22)40-24-14-15-28(38-3)25(18-24)20-8-6-5-7-9-20/h5-18H,4,19H2,1-3H3. The number of rotatable bonds is 10. The lowest BCUT2D eigenvalue weighted by atomic mass is 10.0. The number of nitrogens with zero attached hydrogens (tertiary/aromatic N) is 1. The number of benzene rings is 4. The van der Waals surface area contributed by atoms with Gasteiger partial charge in [-0.05, 0) is 67.1 Å². The van der Waals surface area contributed by atoms with E-state index in [4.69, 9.17) is 42.1 Å². The van der Waals surface area contributed by atoms with E-state index in [1.165, 1.54) is 24.1 Å². The predicted molar refractivity (Wildman–Crippen MR) is 156 cm³/mol. The number of ether oxygens (including phenoxy) is 4. The maximum absolute atomic E-state index is 13.5. The third-order valence-electron chi connectivity index (χ3n) is 5.95. The van der Waals surface area contributed by atoms with Gasteiger partial charge in [-0.2, -0.15) is 0 Å². The molecule has 0 aliphatic rings. The fraction of sp³-hybridized carbons (Fsp3) is 0.161. The molecular weight excluding hydrogens is 553 g/mol. The van der Waals surface area contributed by atoms with Gasteiger partial charge >= 0.3 is 5.97 Å². The maximum Gasteiger partial charge on any atom is 0.326 e. The molecule has 0 saturated heterocycles. The van der Waals surface area contributed by atoms with E-state index in [0.717, 1.165) is 11.1 Å². The molecular formula is C31H27Cl2NO6. The summed E-state index contributed by atoms with van der Waals surface area (Å²) in [6.07, 6.45) is 0. The molecule has 40 heavy (non-hydrogen) atoms. The highest BCUT2D eigenvalue weighted by Gasteiger charge is 2.24. The Hall–Kier alpha value is -4.20. The van der Waals surface area contributed by atoms with Gasteiger partial charge in [0, 0.05) is 16.8 Å². The lowest BCUT2D eigenvalue weighted by Gasteiger charge is -2.23. The Morgan fingerprint density at radius 1 is 0.800 bits per heavy atom. The molecule has 0 aliphatic carbocycles. The van der Waals surface area contributed by atoms with E-state index < -0.39 is 11.9 Å². The SMILES string of the molecule is CCOC(=O)CN(C(=O)c1ccc(OC)cc1)c1cc(Cl)c(Oc2ccc(OC)c(-c3ccccc3)c2)c(Cl)c1. The Labute approximate surface area is 242 Å². The van der Waals surface area contributed by atoms with Crippen molar-refractivity contribution in [3.63, 3.8) is 0 Å². The molecule has 0 heterocycles. The van der Waals surface area contributed by atoms with Crippen LogP contribution in [0.4, 0.5) is 5.69 Å². The molecule has 0 radical (unpaired) electrons. The Morgan fingerprint density at radius 2 is 1.45 bits per heavy atom. The van der Waals surface area contributed by atoms with Crippen LogP contribution in [0.2, 0.25) is 10.0 Å². The second-order valence-corrected chi connectivity index (χ2v) is 9.31. The van der Waals surface area contributed by atoms with Gasteiger partial charge in [-0.15, -0.1) is 0 Å². The molecule has 4 aromatic carbocycles. The molecule has 0 saturated carbocycles. The summed E-state index contributed by atoms with van der Waals surface area (Å²) < 4.78 is 21.9. The maximum atomic E-state index is 13.5. The van der Waals surface area contributed by atoms with Gasteiger partial charge in [-0.3, -0.25) is 14.5 Å². The van der Waals surface area contributed by atoms with E-state index in [1.54, 1.807) is 50.4 Å². The summed E-state index contributed by atoms with van der Waals surface area (Å²) in [5, 5.41) is 0.298. The molecule has 7 nitrogen and oxygen atoms in total. The van der Waals surface area contributed by atoms with Crippen molar-refractivity contribution in [3.8, 4) is 34.1 Å². The number of esters is 1. The molecule has 0 aliphatic heterocycles. The molecule has 0 unspecified atom stereocenters. The Bertz CT molecular complexity index is 1470. The number of hydrogen-bond acceptors (Lipinski definition) is 6. The van der Waals surface area contributed by atoms with Gasteiger partial charge in [0.15, 0.2) is 5.75 Å². The molecule has 0 atom stereocenters. The lowest BCUT2D eigenvalue weighted by Crippen LogP contribution is -2.36. The first-order valence-corrected chi connectivity index (χ1v) is 13.1. The van der Waals surface area contributed by atoms with Crippen LogP contribution in [0.1, 0.15) is 17.3 Å². The van der Waals surface area contributed by atoms with Crippen molar-refractivity contribution in [1.29, 1.82) is 0 Å². The summed E-state index contributed by atoms with van der Waals surface area (Å²) in [5.74, 6) is 0.925. The van der Waals surface area contributed by atoms with Crippen LogP contribution in [0.5, 0.6) is 23.0 Å². The molecule has 0 spiro atoms. The zero-order valence-corrected chi connectivity index (χ0v) is 23.7. The van der Waals surface area contributed by atoms with Gasteiger partial charge in [0.2, 0.25) is 0 Å². The van der Waals surface area contributed by atoms with E-state index in [-0.39, 0.29) is 28.9 Å². The van der Waals surface area contributed by atoms with E-state index >= 15 is 0 Å². The molecule has 0 bridgehead atoms. The predicted octanol–water partition coefficient (Wildman–Crippen LogP) is 7.68. The van der Waals surface area contributed by atoms with Gasteiger partial charge < -0.3 is 18.9 Å². The molecule has 4 rings (SSSR count). The number of carbonyl (C=O) groups excluding carboxylic acids is 2. The van der Waals surface area contributed by atoms with Crippen molar-refractivity contribution in [3.05, 3.63) is 101 Å². The van der Waals surface area contributed by atoms with Crippen molar-refractivity contribution in [2.75, 3.05) is 32.3 Å². The summed E-state index contributed by atoms with van der Waals surface area (Å²) in [6.45, 7) is 1.52. The zero-order chi connectivity index (χ0) is 28.6. The number of halogens is 2. The van der Waals surface area contributed by atoms with Crippen molar-refractivity contribution in [2.24, 2.45) is 0 Å². The van der Waals surface area contributed by atoms with Crippen molar-refractivity contribution >= 4 is 40.8 Å². The van der Waals surface area contributed by atoms with Crippen LogP contribution in [0.25, 0.3) is 11.1 Å². The summed E-state index contributed by atoms with van der Waals surface area (Å²) in [4.78, 5) is 27.1. The van der Waals surface area contributed by atoms with Gasteiger partial charge in [-0.1, -0.05) is 53.5 Å². The van der Waals surface area contributed by atoms with E-state index in [1.807, 2.05) is 36.4 Å². The third-order valence-corrected chi connectivity index (χ3v) is 6.51. The van der Waals surface area contributed by atoms with Gasteiger partial charge in [-0.25, -0.2) is 0 Å². The summed E-state index contributed by atoms with van der Waals surface area (Å²) in [6, 6.07) is 24.7. The van der Waals surface area contributed by atoms with E-state index in [9.17, 15) is 9.59 Å². The summed E-state index contributed by atoms with van der Waals surface area (Å²) in [5.41, 5.74) is 2.42. The molecule has 206 valence electrons. The van der Waals surface area contributed by atoms with Crippen LogP contribution < -0.4 is 19.1 Å². The fourth-order valence-electron chi connectivity index (χ4n) is 4.02. The van der Waals surface area contributed by atoms with Crippen molar-refractivity contribution in [2.45, 2.75) is 6.92 Å². The van der Waals surface area contributed by atoms with Crippen LogP contribution >= 0.6 is 23.2 Å². The van der Waals surface area contributed by atoms with E-state index in [0.29, 0.717) is 28.5 Å². The highest BCUT2D eigenvalue weighted by molar-refractivity contribution is 6.37. The van der Waals surface area contributed by atoms with Gasteiger partial charge in [0.25, 0.3) is 5.91 Å². The first kappa shape index (κ1) is 28.8. The number of amides is 1. The molecule has 1 amide bonds. The molecule has 0 N–H and O–H groups in total. The average Bonchev–Trinajstić information content (AvgIpc) is 2.98. The van der Waals surface area contributed by atoms with Gasteiger partial charge in [0.1, 0.15) is 23.8 Å². The highest BCUT2D eigenvalue weighted by Crippen LogP contribution is 2.42. The third kappa shape index (κ3) is 6.68. The topological polar surface area (TPSA) is 74.3 Å². The van der Waals surface area contributed by atoms with Crippen molar-refractivity contribution < 1.29 is 28.5 Å². The Morgan fingerprint density at radius 3 is 2.05 bits per heavy atom. The normalized spacial score (nSPS) is 10.5.